The number of carbonyl (C=O) groups is 1. The Labute approximate surface area is 125 Å². The summed E-state index contributed by atoms with van der Waals surface area (Å²) in [6.07, 6.45) is 2.16. The fraction of sp³-hybridized carbons (Fsp3) is 0.467. The van der Waals surface area contributed by atoms with Crippen LogP contribution >= 0.6 is 12.2 Å². The summed E-state index contributed by atoms with van der Waals surface area (Å²) >= 11 is 5.29. The third-order valence-electron chi connectivity index (χ3n) is 3.09. The van der Waals surface area contributed by atoms with Gasteiger partial charge in [-0.2, -0.15) is 0 Å². The van der Waals surface area contributed by atoms with E-state index >= 15 is 0 Å². The first kappa shape index (κ1) is 16.4. The second-order valence-electron chi connectivity index (χ2n) is 4.76. The zero-order chi connectivity index (χ0) is 15.1. The molecule has 1 rings (SSSR count). The molecule has 20 heavy (non-hydrogen) atoms. The van der Waals surface area contributed by atoms with Gasteiger partial charge in [-0.3, -0.25) is 0 Å². The molecule has 0 aliphatic heterocycles. The molecule has 110 valence electrons. The smallest absolute Gasteiger partial charge is 0.338 e. The number of ether oxygens (including phenoxy) is 1. The molecule has 0 heterocycles. The first-order valence-electron chi connectivity index (χ1n) is 6.75. The van der Waals surface area contributed by atoms with Crippen LogP contribution in [-0.4, -0.2) is 24.2 Å². The third kappa shape index (κ3) is 4.49. The van der Waals surface area contributed by atoms with Crippen LogP contribution in [0, 0.1) is 6.92 Å². The van der Waals surface area contributed by atoms with Gasteiger partial charge in [0.2, 0.25) is 0 Å². The van der Waals surface area contributed by atoms with Crippen molar-refractivity contribution < 1.29 is 9.53 Å². The summed E-state index contributed by atoms with van der Waals surface area (Å²) in [5, 5.41) is 6.92. The van der Waals surface area contributed by atoms with Gasteiger partial charge in [0, 0.05) is 11.7 Å². The van der Waals surface area contributed by atoms with Gasteiger partial charge < -0.3 is 15.4 Å². The van der Waals surface area contributed by atoms with Gasteiger partial charge in [-0.15, -0.1) is 0 Å². The van der Waals surface area contributed by atoms with Crippen LogP contribution in [0.3, 0.4) is 0 Å². The molecule has 5 heteroatoms. The fourth-order valence-corrected chi connectivity index (χ4v) is 2.30. The largest absolute Gasteiger partial charge is 0.465 e. The summed E-state index contributed by atoms with van der Waals surface area (Å²) in [7, 11) is 1.38. The van der Waals surface area contributed by atoms with Crippen LogP contribution in [0.4, 0.5) is 5.69 Å². The Balaban J connectivity index is 2.78. The number of esters is 1. The van der Waals surface area contributed by atoms with Crippen LogP contribution in [0.1, 0.15) is 42.6 Å². The van der Waals surface area contributed by atoms with Crippen LogP contribution in [0.2, 0.25) is 0 Å². The number of hydrogen-bond donors (Lipinski definition) is 2. The average molecular weight is 294 g/mol. The molecule has 0 bridgehead atoms. The van der Waals surface area contributed by atoms with E-state index in [0.29, 0.717) is 16.7 Å². The SMILES string of the molecule is CCCC(C)NC(=S)Nc1cccc(C(=O)OC)c1C. The Kier molecular flexibility index (Phi) is 6.45. The predicted octanol–water partition coefficient (Wildman–Crippen LogP) is 3.26. The lowest BCUT2D eigenvalue weighted by Gasteiger charge is -2.18. The molecule has 0 radical (unpaired) electrons. The van der Waals surface area contributed by atoms with Crippen molar-refractivity contribution in [2.75, 3.05) is 12.4 Å². The van der Waals surface area contributed by atoms with Crippen molar-refractivity contribution in [2.24, 2.45) is 0 Å². The minimum absolute atomic E-state index is 0.323. The van der Waals surface area contributed by atoms with E-state index in [4.69, 9.17) is 17.0 Å². The molecular formula is C15H22N2O2S. The molecule has 0 saturated heterocycles. The van der Waals surface area contributed by atoms with Crippen molar-refractivity contribution in [2.45, 2.75) is 39.7 Å². The quantitative estimate of drug-likeness (QED) is 0.645. The molecule has 1 unspecified atom stereocenters. The molecule has 0 fully saturated rings. The van der Waals surface area contributed by atoms with Gasteiger partial charge in [-0.05, 0) is 50.2 Å². The lowest BCUT2D eigenvalue weighted by Crippen LogP contribution is -2.36. The van der Waals surface area contributed by atoms with E-state index in [1.54, 1.807) is 12.1 Å². The lowest BCUT2D eigenvalue weighted by molar-refractivity contribution is 0.0600. The molecule has 0 amide bonds. The molecule has 0 aliphatic carbocycles. The van der Waals surface area contributed by atoms with Gasteiger partial charge in [-0.1, -0.05) is 19.4 Å². The van der Waals surface area contributed by atoms with Gasteiger partial charge in [0.25, 0.3) is 0 Å². The van der Waals surface area contributed by atoms with Crippen LogP contribution in [0.25, 0.3) is 0 Å². The van der Waals surface area contributed by atoms with Crippen LogP contribution < -0.4 is 10.6 Å². The van der Waals surface area contributed by atoms with E-state index in [9.17, 15) is 4.79 Å². The zero-order valence-corrected chi connectivity index (χ0v) is 13.3. The molecule has 0 aliphatic rings. The fourth-order valence-electron chi connectivity index (χ4n) is 1.99. The maximum Gasteiger partial charge on any atom is 0.338 e. The highest BCUT2D eigenvalue weighted by Gasteiger charge is 2.12. The van der Waals surface area contributed by atoms with Crippen molar-refractivity contribution in [1.29, 1.82) is 0 Å². The Morgan fingerprint density at radius 2 is 2.15 bits per heavy atom. The molecule has 0 spiro atoms. The van der Waals surface area contributed by atoms with Crippen molar-refractivity contribution in [3.05, 3.63) is 29.3 Å². The number of nitrogens with one attached hydrogen (secondary N) is 2. The summed E-state index contributed by atoms with van der Waals surface area (Å²) in [5.41, 5.74) is 2.18. The highest BCUT2D eigenvalue weighted by atomic mass is 32.1. The number of methoxy groups -OCH3 is 1. The molecule has 0 aromatic heterocycles. The highest BCUT2D eigenvalue weighted by Crippen LogP contribution is 2.19. The Bertz CT molecular complexity index is 489. The van der Waals surface area contributed by atoms with E-state index < -0.39 is 0 Å². The van der Waals surface area contributed by atoms with Gasteiger partial charge in [0.1, 0.15) is 0 Å². The predicted molar refractivity (Wildman–Crippen MR) is 86.2 cm³/mol. The molecule has 2 N–H and O–H groups in total. The van der Waals surface area contributed by atoms with E-state index in [0.717, 1.165) is 24.1 Å². The van der Waals surface area contributed by atoms with Crippen LogP contribution in [0.15, 0.2) is 18.2 Å². The molecule has 1 atom stereocenters. The second kappa shape index (κ2) is 7.85. The molecular weight excluding hydrogens is 272 g/mol. The molecule has 1 aromatic rings. The van der Waals surface area contributed by atoms with E-state index in [1.807, 2.05) is 13.0 Å². The summed E-state index contributed by atoms with van der Waals surface area (Å²) in [4.78, 5) is 11.6. The highest BCUT2D eigenvalue weighted by molar-refractivity contribution is 7.80. The van der Waals surface area contributed by atoms with Crippen molar-refractivity contribution in [1.82, 2.24) is 5.32 Å². The molecule has 4 nitrogen and oxygen atoms in total. The topological polar surface area (TPSA) is 50.4 Å². The Hall–Kier alpha value is -1.62. The number of rotatable bonds is 5. The second-order valence-corrected chi connectivity index (χ2v) is 5.17. The lowest BCUT2D eigenvalue weighted by atomic mass is 10.1. The minimum Gasteiger partial charge on any atom is -0.465 e. The van der Waals surface area contributed by atoms with Crippen molar-refractivity contribution in [3.8, 4) is 0 Å². The van der Waals surface area contributed by atoms with Crippen molar-refractivity contribution >= 4 is 29.0 Å². The van der Waals surface area contributed by atoms with Crippen LogP contribution in [-0.2, 0) is 4.74 Å². The zero-order valence-electron chi connectivity index (χ0n) is 12.4. The summed E-state index contributed by atoms with van der Waals surface area (Å²) in [5.74, 6) is -0.343. The monoisotopic (exact) mass is 294 g/mol. The number of thiocarbonyl (C=S) groups is 1. The number of benzene rings is 1. The maximum absolute atomic E-state index is 11.6. The van der Waals surface area contributed by atoms with Gasteiger partial charge >= 0.3 is 5.97 Å². The van der Waals surface area contributed by atoms with Gasteiger partial charge in [-0.25, -0.2) is 4.79 Å². The summed E-state index contributed by atoms with van der Waals surface area (Å²) < 4.78 is 4.76. The normalized spacial score (nSPS) is 11.6. The minimum atomic E-state index is -0.343. The summed E-state index contributed by atoms with van der Waals surface area (Å²) in [6.45, 7) is 6.10. The molecule has 0 saturated carbocycles. The van der Waals surface area contributed by atoms with Crippen LogP contribution in [0.5, 0.6) is 0 Å². The first-order valence-corrected chi connectivity index (χ1v) is 7.15. The Morgan fingerprint density at radius 3 is 2.75 bits per heavy atom. The standard InChI is InChI=1S/C15H22N2O2S/c1-5-7-10(2)16-15(20)17-13-9-6-8-12(11(13)3)14(18)19-4/h6,8-10H,5,7H2,1-4H3,(H2,16,17,20). The van der Waals surface area contributed by atoms with Gasteiger partial charge in [0.15, 0.2) is 5.11 Å². The number of carbonyl (C=O) groups excluding carboxylic acids is 1. The maximum atomic E-state index is 11.6. The Morgan fingerprint density at radius 1 is 1.45 bits per heavy atom. The average Bonchev–Trinajstić information content (AvgIpc) is 2.40. The van der Waals surface area contributed by atoms with E-state index in [2.05, 4.69) is 24.5 Å². The van der Waals surface area contributed by atoms with Gasteiger partial charge in [0.05, 0.1) is 12.7 Å². The number of hydrogen-bond acceptors (Lipinski definition) is 3. The van der Waals surface area contributed by atoms with E-state index in [1.165, 1.54) is 7.11 Å². The molecule has 1 aromatic carbocycles. The van der Waals surface area contributed by atoms with Crippen molar-refractivity contribution in [3.63, 3.8) is 0 Å². The van der Waals surface area contributed by atoms with E-state index in [-0.39, 0.29) is 5.97 Å². The summed E-state index contributed by atoms with van der Waals surface area (Å²) in [6, 6.07) is 5.76. The first-order chi connectivity index (χ1) is 9.49. The third-order valence-corrected chi connectivity index (χ3v) is 3.31. The number of anilines is 1.